The van der Waals surface area contributed by atoms with Crippen molar-refractivity contribution in [1.82, 2.24) is 4.90 Å². The van der Waals surface area contributed by atoms with Crippen molar-refractivity contribution in [3.05, 3.63) is 35.6 Å². The summed E-state index contributed by atoms with van der Waals surface area (Å²) < 4.78 is 18.2. The molecule has 0 unspecified atom stereocenters. The van der Waals surface area contributed by atoms with Crippen molar-refractivity contribution in [1.29, 1.82) is 5.41 Å². The lowest BCUT2D eigenvalue weighted by atomic mass is 10.1. The van der Waals surface area contributed by atoms with Crippen LogP contribution in [-0.2, 0) is 11.2 Å². The van der Waals surface area contributed by atoms with E-state index in [1.54, 1.807) is 6.07 Å². The molecular weight excluding hydrogens is 207 g/mol. The molecule has 1 aliphatic rings. The van der Waals surface area contributed by atoms with E-state index in [1.807, 2.05) is 11.0 Å². The van der Waals surface area contributed by atoms with Gasteiger partial charge in [-0.3, -0.25) is 5.41 Å². The van der Waals surface area contributed by atoms with Gasteiger partial charge in [-0.25, -0.2) is 4.39 Å². The average molecular weight is 222 g/mol. The van der Waals surface area contributed by atoms with E-state index in [0.717, 1.165) is 18.7 Å². The van der Waals surface area contributed by atoms with Gasteiger partial charge in [0.15, 0.2) is 0 Å². The Morgan fingerprint density at radius 3 is 2.81 bits per heavy atom. The van der Waals surface area contributed by atoms with Gasteiger partial charge in [0, 0.05) is 19.5 Å². The molecule has 1 aromatic carbocycles. The second-order valence-electron chi connectivity index (χ2n) is 3.85. The number of ether oxygens (including phenoxy) is 1. The highest BCUT2D eigenvalue weighted by Gasteiger charge is 2.13. The molecule has 4 heteroatoms. The van der Waals surface area contributed by atoms with E-state index >= 15 is 0 Å². The Labute approximate surface area is 94.3 Å². The molecule has 86 valence electrons. The molecule has 1 fully saturated rings. The van der Waals surface area contributed by atoms with Crippen molar-refractivity contribution in [2.45, 2.75) is 6.42 Å². The normalized spacial score (nSPS) is 16.2. The molecule has 0 aromatic heterocycles. The Morgan fingerprint density at radius 1 is 1.38 bits per heavy atom. The highest BCUT2D eigenvalue weighted by Crippen LogP contribution is 2.07. The topological polar surface area (TPSA) is 36.3 Å². The first-order valence-corrected chi connectivity index (χ1v) is 5.40. The summed E-state index contributed by atoms with van der Waals surface area (Å²) in [4.78, 5) is 1.98. The lowest BCUT2D eigenvalue weighted by Gasteiger charge is -2.29. The number of morpholine rings is 1. The summed E-state index contributed by atoms with van der Waals surface area (Å²) in [6.45, 7) is 2.86. The average Bonchev–Trinajstić information content (AvgIpc) is 2.30. The van der Waals surface area contributed by atoms with Crippen molar-refractivity contribution in [3.63, 3.8) is 0 Å². The van der Waals surface area contributed by atoms with Gasteiger partial charge in [-0.15, -0.1) is 0 Å². The molecule has 1 aromatic rings. The molecule has 0 saturated carbocycles. The summed E-state index contributed by atoms with van der Waals surface area (Å²) in [6.07, 6.45) is 0.484. The van der Waals surface area contributed by atoms with Crippen LogP contribution >= 0.6 is 0 Å². The molecule has 16 heavy (non-hydrogen) atoms. The smallest absolute Gasteiger partial charge is 0.123 e. The highest BCUT2D eigenvalue weighted by atomic mass is 19.1. The van der Waals surface area contributed by atoms with Crippen LogP contribution < -0.4 is 0 Å². The first kappa shape index (κ1) is 11.1. The fourth-order valence-corrected chi connectivity index (χ4v) is 1.79. The van der Waals surface area contributed by atoms with Crippen molar-refractivity contribution in [2.24, 2.45) is 0 Å². The molecular formula is C12H15FN2O. The van der Waals surface area contributed by atoms with Gasteiger partial charge in [0.05, 0.1) is 13.2 Å². The third-order valence-corrected chi connectivity index (χ3v) is 2.65. The molecule has 1 heterocycles. The van der Waals surface area contributed by atoms with Crippen LogP contribution in [0.25, 0.3) is 0 Å². The number of rotatable bonds is 2. The molecule has 3 nitrogen and oxygen atoms in total. The molecule has 1 aliphatic heterocycles. The first-order valence-electron chi connectivity index (χ1n) is 5.40. The van der Waals surface area contributed by atoms with Crippen LogP contribution in [0, 0.1) is 11.2 Å². The molecule has 0 radical (unpaired) electrons. The van der Waals surface area contributed by atoms with Crippen LogP contribution in [0.1, 0.15) is 5.56 Å². The Hall–Kier alpha value is -1.42. The van der Waals surface area contributed by atoms with Crippen molar-refractivity contribution in [2.75, 3.05) is 26.3 Å². The van der Waals surface area contributed by atoms with Gasteiger partial charge in [0.1, 0.15) is 11.7 Å². The summed E-state index contributed by atoms with van der Waals surface area (Å²) in [5, 5.41) is 7.94. The first-order chi connectivity index (χ1) is 7.75. The van der Waals surface area contributed by atoms with Gasteiger partial charge < -0.3 is 9.64 Å². The lowest BCUT2D eigenvalue weighted by Crippen LogP contribution is -2.41. The second kappa shape index (κ2) is 5.07. The van der Waals surface area contributed by atoms with Crippen LogP contribution in [0.4, 0.5) is 4.39 Å². The van der Waals surface area contributed by atoms with Gasteiger partial charge in [-0.2, -0.15) is 0 Å². The molecule has 0 spiro atoms. The number of nitrogens with one attached hydrogen (secondary N) is 1. The summed E-state index contributed by atoms with van der Waals surface area (Å²) in [7, 11) is 0. The van der Waals surface area contributed by atoms with Crippen LogP contribution in [0.2, 0.25) is 0 Å². The predicted octanol–water partition coefficient (Wildman–Crippen LogP) is 1.68. The van der Waals surface area contributed by atoms with Crippen LogP contribution in [0.5, 0.6) is 0 Å². The number of nitrogens with zero attached hydrogens (tertiary/aromatic N) is 1. The van der Waals surface area contributed by atoms with Crippen molar-refractivity contribution >= 4 is 5.84 Å². The third-order valence-electron chi connectivity index (χ3n) is 2.65. The van der Waals surface area contributed by atoms with Crippen molar-refractivity contribution < 1.29 is 9.13 Å². The maximum absolute atomic E-state index is 13.0. The van der Waals surface area contributed by atoms with E-state index in [2.05, 4.69) is 0 Å². The quantitative estimate of drug-likeness (QED) is 0.610. The summed E-state index contributed by atoms with van der Waals surface area (Å²) >= 11 is 0. The van der Waals surface area contributed by atoms with Crippen LogP contribution in [-0.4, -0.2) is 37.0 Å². The molecule has 1 N–H and O–H groups in total. The minimum absolute atomic E-state index is 0.243. The predicted molar refractivity (Wildman–Crippen MR) is 60.2 cm³/mol. The molecule has 0 atom stereocenters. The summed E-state index contributed by atoms with van der Waals surface area (Å²) in [5.41, 5.74) is 0.844. The molecule has 1 saturated heterocycles. The minimum Gasteiger partial charge on any atom is -0.378 e. The Balaban J connectivity index is 1.96. The van der Waals surface area contributed by atoms with E-state index < -0.39 is 0 Å². The number of hydrogen-bond donors (Lipinski definition) is 1. The Morgan fingerprint density at radius 2 is 2.12 bits per heavy atom. The fraction of sp³-hybridized carbons (Fsp3) is 0.417. The third kappa shape index (κ3) is 2.79. The van der Waals surface area contributed by atoms with E-state index in [1.165, 1.54) is 12.1 Å². The van der Waals surface area contributed by atoms with E-state index in [9.17, 15) is 4.39 Å². The number of hydrogen-bond acceptors (Lipinski definition) is 2. The SMILES string of the molecule is N=C(Cc1cccc(F)c1)N1CCOCC1. The van der Waals surface area contributed by atoms with Crippen LogP contribution in [0.15, 0.2) is 24.3 Å². The van der Waals surface area contributed by atoms with Gasteiger partial charge >= 0.3 is 0 Å². The zero-order chi connectivity index (χ0) is 11.4. The minimum atomic E-state index is -0.243. The molecule has 0 bridgehead atoms. The monoisotopic (exact) mass is 222 g/mol. The van der Waals surface area contributed by atoms with Gasteiger partial charge in [0.2, 0.25) is 0 Å². The van der Waals surface area contributed by atoms with Crippen molar-refractivity contribution in [3.8, 4) is 0 Å². The largest absolute Gasteiger partial charge is 0.378 e. The van der Waals surface area contributed by atoms with Gasteiger partial charge in [0.25, 0.3) is 0 Å². The van der Waals surface area contributed by atoms with E-state index in [-0.39, 0.29) is 5.82 Å². The number of halogens is 1. The number of benzene rings is 1. The maximum Gasteiger partial charge on any atom is 0.123 e. The highest BCUT2D eigenvalue weighted by molar-refractivity contribution is 5.81. The van der Waals surface area contributed by atoms with E-state index in [0.29, 0.717) is 25.5 Å². The van der Waals surface area contributed by atoms with Crippen LogP contribution in [0.3, 0.4) is 0 Å². The standard InChI is InChI=1S/C12H15FN2O/c13-11-3-1-2-10(8-11)9-12(14)15-4-6-16-7-5-15/h1-3,8,14H,4-7,9H2. The molecule has 0 aliphatic carbocycles. The second-order valence-corrected chi connectivity index (χ2v) is 3.85. The summed E-state index contributed by atoms with van der Waals surface area (Å²) in [6, 6.07) is 6.42. The Bertz CT molecular complexity index is 375. The van der Waals surface area contributed by atoms with Gasteiger partial charge in [-0.05, 0) is 17.7 Å². The van der Waals surface area contributed by atoms with Gasteiger partial charge in [-0.1, -0.05) is 12.1 Å². The molecule has 0 amide bonds. The zero-order valence-corrected chi connectivity index (χ0v) is 9.08. The van der Waals surface area contributed by atoms with E-state index in [4.69, 9.17) is 10.1 Å². The fourth-order valence-electron chi connectivity index (χ4n) is 1.79. The molecule has 2 rings (SSSR count). The summed E-state index contributed by atoms with van der Waals surface area (Å²) in [5.74, 6) is 0.293. The number of amidine groups is 1. The Kier molecular flexibility index (Phi) is 3.51. The zero-order valence-electron chi connectivity index (χ0n) is 9.08. The maximum atomic E-state index is 13.0. The lowest BCUT2D eigenvalue weighted by molar-refractivity contribution is 0.0670.